The lowest BCUT2D eigenvalue weighted by atomic mass is 10.0. The van der Waals surface area contributed by atoms with Crippen LogP contribution >= 0.6 is 0 Å². The molecular weight excluding hydrogens is 823 g/mol. The first-order chi connectivity index (χ1) is 30.6. The van der Waals surface area contributed by atoms with Crippen LogP contribution in [0.3, 0.4) is 0 Å². The lowest BCUT2D eigenvalue weighted by Gasteiger charge is -2.33. The predicted molar refractivity (Wildman–Crippen MR) is 238 cm³/mol. The number of aliphatic carboxylic acids is 1. The van der Waals surface area contributed by atoms with E-state index in [1.165, 1.54) is 9.80 Å². The van der Waals surface area contributed by atoms with Crippen molar-refractivity contribution in [2.75, 3.05) is 19.7 Å². The number of carboxylic acids is 1. The Hall–Kier alpha value is -6.27. The van der Waals surface area contributed by atoms with E-state index in [0.717, 1.165) is 27.4 Å². The molecule has 7 atom stereocenters. The van der Waals surface area contributed by atoms with Gasteiger partial charge in [0.25, 0.3) is 0 Å². The molecule has 2 aromatic carbocycles. The van der Waals surface area contributed by atoms with E-state index in [9.17, 15) is 43.8 Å². The van der Waals surface area contributed by atoms with E-state index in [1.807, 2.05) is 62.4 Å². The summed E-state index contributed by atoms with van der Waals surface area (Å²) >= 11 is 0. The van der Waals surface area contributed by atoms with Crippen molar-refractivity contribution >= 4 is 63.2 Å². The first-order valence-electron chi connectivity index (χ1n) is 22.1. The minimum Gasteiger partial charge on any atom is -0.480 e. The summed E-state index contributed by atoms with van der Waals surface area (Å²) in [6.07, 6.45) is 5.24. The number of benzene rings is 2. The highest BCUT2D eigenvalue weighted by Crippen LogP contribution is 2.26. The minimum atomic E-state index is -1.41. The number of aromatic amines is 2. The van der Waals surface area contributed by atoms with E-state index >= 15 is 0 Å². The highest BCUT2D eigenvalue weighted by atomic mass is 16.4. The summed E-state index contributed by atoms with van der Waals surface area (Å²) in [6, 6.07) is 7.01. The van der Waals surface area contributed by atoms with Gasteiger partial charge in [-0.3, -0.25) is 28.8 Å². The Balaban J connectivity index is 1.17. The van der Waals surface area contributed by atoms with Gasteiger partial charge in [-0.2, -0.15) is 0 Å². The van der Waals surface area contributed by atoms with Crippen LogP contribution in [-0.2, 0) is 46.4 Å². The quantitative estimate of drug-likeness (QED) is 0.0654. The van der Waals surface area contributed by atoms with Crippen LogP contribution in [0.25, 0.3) is 21.8 Å². The van der Waals surface area contributed by atoms with E-state index in [0.29, 0.717) is 24.8 Å². The number of aliphatic hydroxyl groups excluding tert-OH is 1. The highest BCUT2D eigenvalue weighted by molar-refractivity contribution is 5.98. The molecule has 0 radical (unpaired) electrons. The third-order valence-electron chi connectivity index (χ3n) is 12.3. The smallest absolute Gasteiger partial charge is 0.326 e. The van der Waals surface area contributed by atoms with Crippen LogP contribution < -0.4 is 27.0 Å². The molecule has 4 aromatic rings. The minimum absolute atomic E-state index is 0.00835. The number of hydrogen-bond acceptors (Lipinski definition) is 9. The molecule has 2 aliphatic rings. The maximum atomic E-state index is 14.6. The normalized spacial score (nSPS) is 18.8. The van der Waals surface area contributed by atoms with Crippen LogP contribution in [0, 0.1) is 11.8 Å². The monoisotopic (exact) mass is 883 g/mol. The number of nitrogens with two attached hydrogens (primary N) is 1. The van der Waals surface area contributed by atoms with Crippen molar-refractivity contribution in [2.24, 2.45) is 17.6 Å². The number of carbonyl (C=O) groups excluding carboxylic acids is 6. The van der Waals surface area contributed by atoms with Crippen LogP contribution in [-0.4, -0.2) is 133 Å². The van der Waals surface area contributed by atoms with Crippen molar-refractivity contribution in [3.8, 4) is 0 Å². The van der Waals surface area contributed by atoms with Crippen molar-refractivity contribution in [1.29, 1.82) is 0 Å². The number of carbonyl (C=O) groups is 7. The first kappa shape index (κ1) is 47.2. The predicted octanol–water partition coefficient (Wildman–Crippen LogP) is 1.46. The second-order valence-corrected chi connectivity index (χ2v) is 17.7. The molecule has 0 unspecified atom stereocenters. The van der Waals surface area contributed by atoms with Gasteiger partial charge in [0.15, 0.2) is 0 Å². The van der Waals surface area contributed by atoms with E-state index in [1.54, 1.807) is 26.2 Å². The van der Waals surface area contributed by atoms with Gasteiger partial charge in [0.2, 0.25) is 35.4 Å². The van der Waals surface area contributed by atoms with Gasteiger partial charge in [-0.15, -0.1) is 0 Å². The number of amides is 6. The Bertz CT molecular complexity index is 2340. The highest BCUT2D eigenvalue weighted by Gasteiger charge is 2.43. The second kappa shape index (κ2) is 20.9. The van der Waals surface area contributed by atoms with Gasteiger partial charge in [0, 0.05) is 60.1 Å². The molecule has 6 amide bonds. The molecule has 18 nitrogen and oxygen atoms in total. The molecule has 2 aliphatic heterocycles. The number of nitrogens with zero attached hydrogens (tertiary/aromatic N) is 2. The van der Waals surface area contributed by atoms with Gasteiger partial charge in [-0.25, -0.2) is 4.79 Å². The first-order valence-corrected chi connectivity index (χ1v) is 22.1. The average molecular weight is 884 g/mol. The summed E-state index contributed by atoms with van der Waals surface area (Å²) in [5, 5.41) is 32.7. The molecular formula is C46H61N9O9. The maximum absolute atomic E-state index is 14.6. The SMILES string of the molecule is CC(C)C[C@H](NC(=O)[C@@H]1CCCN1C(=O)[C@H](Cc1c[nH]c2ccccc12)NC(=O)[C@H](CO)NC(=O)[C@@H](N)C(C)C)C(=O)N1CCC[C@H]1C(=O)N[C@@H](Cc1c[nH]c2ccccc12)C(=O)O. The number of rotatable bonds is 19. The molecule has 64 heavy (non-hydrogen) atoms. The zero-order chi connectivity index (χ0) is 46.2. The Kier molecular flexibility index (Phi) is 15.4. The molecule has 18 heteroatoms. The van der Waals surface area contributed by atoms with Crippen LogP contribution in [0.15, 0.2) is 60.9 Å². The van der Waals surface area contributed by atoms with Crippen molar-refractivity contribution in [2.45, 2.75) is 115 Å². The molecule has 0 spiro atoms. The summed E-state index contributed by atoms with van der Waals surface area (Å²) < 4.78 is 0. The topological polar surface area (TPSA) is 272 Å². The molecule has 4 heterocycles. The summed E-state index contributed by atoms with van der Waals surface area (Å²) in [5.74, 6) is -5.22. The number of aliphatic hydroxyl groups is 1. The third-order valence-corrected chi connectivity index (χ3v) is 12.3. The van der Waals surface area contributed by atoms with Crippen LogP contribution in [0.1, 0.15) is 70.9 Å². The van der Waals surface area contributed by atoms with E-state index in [-0.39, 0.29) is 50.6 Å². The van der Waals surface area contributed by atoms with Crippen molar-refractivity contribution in [1.82, 2.24) is 41.0 Å². The molecule has 10 N–H and O–H groups in total. The van der Waals surface area contributed by atoms with Crippen molar-refractivity contribution in [3.63, 3.8) is 0 Å². The largest absolute Gasteiger partial charge is 0.480 e. The third kappa shape index (κ3) is 10.9. The molecule has 2 aromatic heterocycles. The molecule has 0 aliphatic carbocycles. The van der Waals surface area contributed by atoms with Crippen LogP contribution in [0.4, 0.5) is 0 Å². The fourth-order valence-corrected chi connectivity index (χ4v) is 8.71. The fraction of sp³-hybridized carbons (Fsp3) is 0.500. The fourth-order valence-electron chi connectivity index (χ4n) is 8.71. The van der Waals surface area contributed by atoms with Crippen LogP contribution in [0.5, 0.6) is 0 Å². The van der Waals surface area contributed by atoms with Crippen LogP contribution in [0.2, 0.25) is 0 Å². The van der Waals surface area contributed by atoms with Gasteiger partial charge in [0.1, 0.15) is 36.3 Å². The van der Waals surface area contributed by atoms with Gasteiger partial charge in [0.05, 0.1) is 12.6 Å². The Morgan fingerprint density at radius 3 is 1.62 bits per heavy atom. The molecule has 0 bridgehead atoms. The second-order valence-electron chi connectivity index (χ2n) is 17.7. The zero-order valence-corrected chi connectivity index (χ0v) is 36.8. The number of nitrogens with one attached hydrogen (secondary N) is 6. The summed E-state index contributed by atoms with van der Waals surface area (Å²) in [4.78, 5) is 105. The number of likely N-dealkylation sites (tertiary alicyclic amines) is 2. The number of H-pyrrole nitrogens is 2. The Morgan fingerprint density at radius 2 is 1.14 bits per heavy atom. The average Bonchev–Trinajstić information content (AvgIpc) is 4.11. The molecule has 2 fully saturated rings. The Morgan fingerprint density at radius 1 is 0.672 bits per heavy atom. The van der Waals surface area contributed by atoms with Crippen molar-refractivity contribution < 1.29 is 43.8 Å². The number of fused-ring (bicyclic) bond motifs is 2. The molecule has 0 saturated carbocycles. The van der Waals surface area contributed by atoms with Gasteiger partial charge < -0.3 is 57.0 Å². The van der Waals surface area contributed by atoms with E-state index in [2.05, 4.69) is 31.2 Å². The molecule has 344 valence electrons. The lowest BCUT2D eigenvalue weighted by molar-refractivity contribution is -0.146. The van der Waals surface area contributed by atoms with Gasteiger partial charge >= 0.3 is 5.97 Å². The molecule has 2 saturated heterocycles. The number of hydrogen-bond donors (Lipinski definition) is 9. The van der Waals surface area contributed by atoms with E-state index < -0.39 is 90.3 Å². The van der Waals surface area contributed by atoms with Gasteiger partial charge in [-0.05, 0) is 67.2 Å². The molecule has 6 rings (SSSR count). The summed E-state index contributed by atoms with van der Waals surface area (Å²) in [6.45, 7) is 6.92. The lowest BCUT2D eigenvalue weighted by Crippen LogP contribution is -2.60. The maximum Gasteiger partial charge on any atom is 0.326 e. The zero-order valence-electron chi connectivity index (χ0n) is 36.8. The van der Waals surface area contributed by atoms with E-state index in [4.69, 9.17) is 5.73 Å². The number of carboxylic acid groups (broad SMARTS) is 1. The standard InChI is InChI=1S/C46H61N9O9/c1-25(2)19-33(44(61)54-17-10-16-38(54)42(59)52-35(46(63)64)21-28-23-49-32-14-8-6-12-30(28)32)51-41(58)37-15-9-18-55(37)45(62)34(20-27-22-48-31-13-7-5-11-29(27)31)50-40(57)36(24-56)53-43(60)39(47)26(3)4/h5-8,11-14,22-23,25-26,33-39,48-49,56H,9-10,15-21,24,47H2,1-4H3,(H,50,57)(H,51,58)(H,52,59)(H,53,60)(H,63,64)/t33-,34-,35-,36-,37-,38-,39-/m0/s1. The summed E-state index contributed by atoms with van der Waals surface area (Å²) in [7, 11) is 0. The number of para-hydroxylation sites is 2. The van der Waals surface area contributed by atoms with Crippen molar-refractivity contribution in [3.05, 3.63) is 72.1 Å². The summed E-state index contributed by atoms with van der Waals surface area (Å²) in [5.41, 5.74) is 9.06. The van der Waals surface area contributed by atoms with Gasteiger partial charge in [-0.1, -0.05) is 64.1 Å². The Labute approximate surface area is 371 Å². The number of aromatic nitrogens is 2.